The van der Waals surface area contributed by atoms with Crippen molar-refractivity contribution in [2.75, 3.05) is 6.54 Å². The van der Waals surface area contributed by atoms with Crippen molar-refractivity contribution in [2.45, 2.75) is 49.9 Å². The van der Waals surface area contributed by atoms with Gasteiger partial charge in [-0.25, -0.2) is 0 Å². The first kappa shape index (κ1) is 16.2. The minimum absolute atomic E-state index is 0.0874. The van der Waals surface area contributed by atoms with Crippen LogP contribution in [0.5, 0.6) is 0 Å². The van der Waals surface area contributed by atoms with Gasteiger partial charge in [-0.05, 0) is 31.0 Å². The highest BCUT2D eigenvalue weighted by Gasteiger charge is 2.26. The van der Waals surface area contributed by atoms with E-state index in [1.54, 1.807) is 18.2 Å². The highest BCUT2D eigenvalue weighted by atomic mass is 16.5. The second-order valence-electron chi connectivity index (χ2n) is 5.98. The fourth-order valence-corrected chi connectivity index (χ4v) is 2.82. The molecular formula is C17H25NO3. The Hall–Kier alpha value is -1.20. The van der Waals surface area contributed by atoms with Gasteiger partial charge in [-0.3, -0.25) is 0 Å². The van der Waals surface area contributed by atoms with Crippen LogP contribution in [0, 0.1) is 0 Å². The molecule has 4 heteroatoms. The summed E-state index contributed by atoms with van der Waals surface area (Å²) >= 11 is 0. The van der Waals surface area contributed by atoms with Crippen molar-refractivity contribution in [2.24, 2.45) is 5.73 Å². The van der Waals surface area contributed by atoms with Gasteiger partial charge in [0.1, 0.15) is 0 Å². The number of hydrogen-bond donors (Lipinski definition) is 4. The number of nitrogens with two attached hydrogens (primary N) is 1. The predicted molar refractivity (Wildman–Crippen MR) is 83.3 cm³/mol. The molecule has 4 nitrogen and oxygen atoms in total. The zero-order valence-corrected chi connectivity index (χ0v) is 12.3. The van der Waals surface area contributed by atoms with E-state index in [0.29, 0.717) is 5.56 Å². The van der Waals surface area contributed by atoms with Crippen LogP contribution in [0.4, 0.5) is 0 Å². The Morgan fingerprint density at radius 3 is 2.57 bits per heavy atom. The molecule has 0 amide bonds. The summed E-state index contributed by atoms with van der Waals surface area (Å²) in [7, 11) is 0. The lowest BCUT2D eigenvalue weighted by Gasteiger charge is -2.28. The molecule has 1 aliphatic rings. The van der Waals surface area contributed by atoms with Gasteiger partial charge < -0.3 is 21.1 Å². The Morgan fingerprint density at radius 2 is 1.90 bits per heavy atom. The lowest BCUT2D eigenvalue weighted by molar-refractivity contribution is -0.172. The van der Waals surface area contributed by atoms with Gasteiger partial charge in [-0.15, -0.1) is 0 Å². The lowest BCUT2D eigenvalue weighted by Crippen LogP contribution is -2.28. The molecule has 0 heterocycles. The molecule has 0 aliphatic heterocycles. The molecule has 116 valence electrons. The molecule has 0 unspecified atom stereocenters. The van der Waals surface area contributed by atoms with Crippen LogP contribution in [0.3, 0.4) is 0 Å². The molecule has 0 radical (unpaired) electrons. The summed E-state index contributed by atoms with van der Waals surface area (Å²) in [5.41, 5.74) is 5.94. The molecule has 1 aromatic rings. The maximum absolute atomic E-state index is 10.4. The van der Waals surface area contributed by atoms with Crippen LogP contribution in [-0.2, 0) is 5.79 Å². The van der Waals surface area contributed by atoms with Crippen LogP contribution >= 0.6 is 0 Å². The van der Waals surface area contributed by atoms with Gasteiger partial charge >= 0.3 is 0 Å². The largest absolute Gasteiger partial charge is 0.386 e. The van der Waals surface area contributed by atoms with Crippen LogP contribution in [0.2, 0.25) is 0 Å². The van der Waals surface area contributed by atoms with Gasteiger partial charge in [0.05, 0.1) is 5.60 Å². The second-order valence-corrected chi connectivity index (χ2v) is 5.98. The van der Waals surface area contributed by atoms with E-state index in [2.05, 4.69) is 0 Å². The Kier molecular flexibility index (Phi) is 5.17. The van der Waals surface area contributed by atoms with Crippen LogP contribution in [0.1, 0.15) is 49.7 Å². The third-order valence-electron chi connectivity index (χ3n) is 4.15. The molecule has 0 atom stereocenters. The first-order valence-electron chi connectivity index (χ1n) is 7.62. The fraction of sp³-hybridized carbons (Fsp3) is 0.529. The van der Waals surface area contributed by atoms with Crippen molar-refractivity contribution in [3.05, 3.63) is 41.5 Å². The molecule has 1 saturated carbocycles. The summed E-state index contributed by atoms with van der Waals surface area (Å²) in [6, 6.07) is 7.04. The van der Waals surface area contributed by atoms with E-state index in [-0.39, 0.29) is 13.0 Å². The highest BCUT2D eigenvalue weighted by Crippen LogP contribution is 2.30. The maximum atomic E-state index is 10.4. The zero-order chi connectivity index (χ0) is 15.3. The van der Waals surface area contributed by atoms with E-state index in [4.69, 9.17) is 5.73 Å². The zero-order valence-electron chi connectivity index (χ0n) is 12.3. The van der Waals surface area contributed by atoms with Crippen molar-refractivity contribution in [1.29, 1.82) is 0 Å². The average Bonchev–Trinajstić information content (AvgIpc) is 2.46. The third kappa shape index (κ3) is 4.38. The summed E-state index contributed by atoms with van der Waals surface area (Å²) in [6.45, 7) is 0.201. The molecular weight excluding hydrogens is 266 g/mol. The minimum atomic E-state index is -1.90. The molecule has 1 aromatic carbocycles. The quantitative estimate of drug-likeness (QED) is 0.624. The number of benzene rings is 1. The summed E-state index contributed by atoms with van der Waals surface area (Å²) in [4.78, 5) is 0. The van der Waals surface area contributed by atoms with Gasteiger partial charge in [-0.2, -0.15) is 0 Å². The molecule has 21 heavy (non-hydrogen) atoms. The van der Waals surface area contributed by atoms with Gasteiger partial charge in [0, 0.05) is 12.0 Å². The molecule has 5 N–H and O–H groups in total. The highest BCUT2D eigenvalue weighted by molar-refractivity contribution is 5.52. The molecule has 0 spiro atoms. The number of hydrogen-bond acceptors (Lipinski definition) is 4. The van der Waals surface area contributed by atoms with E-state index in [0.717, 1.165) is 31.2 Å². The van der Waals surface area contributed by atoms with E-state index in [1.165, 1.54) is 6.42 Å². The van der Waals surface area contributed by atoms with Crippen molar-refractivity contribution in [3.8, 4) is 0 Å². The molecule has 0 aromatic heterocycles. The van der Waals surface area contributed by atoms with Crippen molar-refractivity contribution in [1.82, 2.24) is 0 Å². The predicted octanol–water partition coefficient (Wildman–Crippen LogP) is 1.88. The molecule has 2 rings (SSSR count). The minimum Gasteiger partial charge on any atom is -0.386 e. The lowest BCUT2D eigenvalue weighted by atomic mass is 9.84. The van der Waals surface area contributed by atoms with Crippen molar-refractivity contribution < 1.29 is 15.3 Å². The first-order valence-corrected chi connectivity index (χ1v) is 7.62. The van der Waals surface area contributed by atoms with Gasteiger partial charge in [0.25, 0.3) is 0 Å². The van der Waals surface area contributed by atoms with Crippen LogP contribution in [0.15, 0.2) is 30.3 Å². The Balaban J connectivity index is 2.14. The molecule has 1 fully saturated rings. The van der Waals surface area contributed by atoms with E-state index in [1.807, 2.05) is 18.2 Å². The van der Waals surface area contributed by atoms with Crippen LogP contribution in [0.25, 0.3) is 6.08 Å². The fourth-order valence-electron chi connectivity index (χ4n) is 2.82. The van der Waals surface area contributed by atoms with Crippen LogP contribution < -0.4 is 5.73 Å². The molecule has 0 bridgehead atoms. The topological polar surface area (TPSA) is 86.7 Å². The smallest absolute Gasteiger partial charge is 0.190 e. The summed E-state index contributed by atoms with van der Waals surface area (Å²) in [6.07, 6.45) is 8.65. The Morgan fingerprint density at radius 1 is 1.19 bits per heavy atom. The maximum Gasteiger partial charge on any atom is 0.190 e. The standard InChI is InChI=1S/C17H25NO3/c18-12-11-17(20,21)15-6-4-5-14(13-15)7-10-16(19)8-2-1-3-9-16/h4-7,10,13,19-21H,1-3,8-9,11-12,18H2. The van der Waals surface area contributed by atoms with Crippen molar-refractivity contribution in [3.63, 3.8) is 0 Å². The van der Waals surface area contributed by atoms with Crippen molar-refractivity contribution >= 4 is 6.08 Å². The number of rotatable bonds is 5. The summed E-state index contributed by atoms with van der Waals surface area (Å²) in [5.74, 6) is -1.90. The van der Waals surface area contributed by atoms with E-state index in [9.17, 15) is 15.3 Å². The third-order valence-corrected chi connectivity index (χ3v) is 4.15. The van der Waals surface area contributed by atoms with E-state index < -0.39 is 11.4 Å². The van der Waals surface area contributed by atoms with E-state index >= 15 is 0 Å². The normalized spacial score (nSPS) is 19.0. The summed E-state index contributed by atoms with van der Waals surface area (Å²) in [5, 5.41) is 30.4. The monoisotopic (exact) mass is 291 g/mol. The molecule has 1 aliphatic carbocycles. The molecule has 0 saturated heterocycles. The second kappa shape index (κ2) is 6.71. The van der Waals surface area contributed by atoms with Gasteiger partial charge in [0.15, 0.2) is 5.79 Å². The SMILES string of the molecule is NCCC(O)(O)c1cccc(C=CC2(O)CCCCC2)c1. The van der Waals surface area contributed by atoms with Gasteiger partial charge in [0.2, 0.25) is 0 Å². The van der Waals surface area contributed by atoms with Crippen LogP contribution in [-0.4, -0.2) is 27.5 Å². The van der Waals surface area contributed by atoms with Gasteiger partial charge in [-0.1, -0.05) is 49.6 Å². The Bertz CT molecular complexity index is 491. The summed E-state index contributed by atoms with van der Waals surface area (Å²) < 4.78 is 0. The average molecular weight is 291 g/mol. The first-order chi connectivity index (χ1) is 9.95. The Labute approximate surface area is 125 Å². The number of aliphatic hydroxyl groups is 3.